The van der Waals surface area contributed by atoms with Crippen LogP contribution in [0.3, 0.4) is 0 Å². The highest BCUT2D eigenvalue weighted by Gasteiger charge is 2.49. The molecule has 0 unspecified atom stereocenters. The molecule has 0 spiro atoms. The number of rotatable bonds is 1. The van der Waals surface area contributed by atoms with Crippen molar-refractivity contribution in [2.24, 2.45) is 11.8 Å². The summed E-state index contributed by atoms with van der Waals surface area (Å²) in [6.07, 6.45) is 0.347. The van der Waals surface area contributed by atoms with Gasteiger partial charge in [-0.15, -0.1) is 0 Å². The van der Waals surface area contributed by atoms with Crippen molar-refractivity contribution in [2.75, 3.05) is 0 Å². The van der Waals surface area contributed by atoms with Crippen molar-refractivity contribution in [3.63, 3.8) is 0 Å². The topological polar surface area (TPSA) is 93.1 Å². The molecule has 6 atom stereocenters. The molecule has 6 heteroatoms. The lowest BCUT2D eigenvalue weighted by Gasteiger charge is -2.32. The van der Waals surface area contributed by atoms with E-state index in [1.807, 2.05) is 6.92 Å². The Morgan fingerprint density at radius 1 is 1.30 bits per heavy atom. The molecule has 0 bridgehead atoms. The second-order valence-corrected chi connectivity index (χ2v) is 6.48. The quantitative estimate of drug-likeness (QED) is 0.554. The van der Waals surface area contributed by atoms with Gasteiger partial charge in [-0.25, -0.2) is 0 Å². The predicted molar refractivity (Wildman–Crippen MR) is 82.2 cm³/mol. The average Bonchev–Trinajstić information content (AvgIpc) is 2.69. The summed E-state index contributed by atoms with van der Waals surface area (Å²) < 4.78 is 10.7. The summed E-state index contributed by atoms with van der Waals surface area (Å²) in [5.74, 6) is -1.89. The second-order valence-electron chi connectivity index (χ2n) is 6.48. The summed E-state index contributed by atoms with van der Waals surface area (Å²) in [6, 6.07) is 0. The summed E-state index contributed by atoms with van der Waals surface area (Å²) in [5.41, 5.74) is 1.38. The highest BCUT2D eigenvalue weighted by atomic mass is 16.6. The molecule has 0 aromatic carbocycles. The Bertz CT molecular complexity index is 549. The SMILES string of the molecule is CC(=O)O[C@@H]1[C@H]2[C@H](C)C(=O)O[C@@H]2/C=C(\C)C[C@H](O)/C=C(\C)[C@H]1O. The lowest BCUT2D eigenvalue weighted by atomic mass is 9.81. The van der Waals surface area contributed by atoms with Gasteiger partial charge < -0.3 is 19.7 Å². The Morgan fingerprint density at radius 3 is 2.57 bits per heavy atom. The highest BCUT2D eigenvalue weighted by molar-refractivity contribution is 5.75. The molecule has 2 N–H and O–H groups in total. The largest absolute Gasteiger partial charge is 0.459 e. The lowest BCUT2D eigenvalue weighted by molar-refractivity contribution is -0.157. The Labute approximate surface area is 135 Å². The van der Waals surface area contributed by atoms with Gasteiger partial charge in [-0.3, -0.25) is 9.59 Å². The first-order valence-corrected chi connectivity index (χ1v) is 7.80. The fourth-order valence-electron chi connectivity index (χ4n) is 3.32. The molecule has 1 aliphatic carbocycles. The van der Waals surface area contributed by atoms with Gasteiger partial charge in [0, 0.05) is 6.92 Å². The van der Waals surface area contributed by atoms with E-state index in [-0.39, 0.29) is 5.97 Å². The third-order valence-electron chi connectivity index (χ3n) is 4.48. The molecule has 2 rings (SSSR count). The van der Waals surface area contributed by atoms with Crippen molar-refractivity contribution < 1.29 is 29.3 Å². The van der Waals surface area contributed by atoms with Gasteiger partial charge in [0.05, 0.1) is 17.9 Å². The van der Waals surface area contributed by atoms with Crippen molar-refractivity contribution in [2.45, 2.75) is 58.5 Å². The number of aliphatic hydroxyl groups excluding tert-OH is 2. The van der Waals surface area contributed by atoms with Crippen molar-refractivity contribution in [1.29, 1.82) is 0 Å². The molecule has 128 valence electrons. The molecule has 1 saturated heterocycles. The molecule has 0 aromatic heterocycles. The molecular weight excluding hydrogens is 300 g/mol. The van der Waals surface area contributed by atoms with Crippen molar-refractivity contribution >= 4 is 11.9 Å². The minimum atomic E-state index is -1.11. The average molecular weight is 324 g/mol. The van der Waals surface area contributed by atoms with Gasteiger partial charge in [-0.2, -0.15) is 0 Å². The number of carbonyl (C=O) groups excluding carboxylic acids is 2. The molecule has 1 fully saturated rings. The van der Waals surface area contributed by atoms with E-state index < -0.39 is 42.2 Å². The van der Waals surface area contributed by atoms with Crippen LogP contribution in [0.5, 0.6) is 0 Å². The Kier molecular flexibility index (Phi) is 5.26. The van der Waals surface area contributed by atoms with Crippen LogP contribution in [0.15, 0.2) is 23.3 Å². The standard InChI is InChI=1S/C17H24O6/c1-8-5-12(19)7-9(2)15(20)16(22-11(4)18)14-10(3)17(21)23-13(14)6-8/h6-7,10,12-16,19-20H,5H2,1-4H3/b8-6+,9-7+/t10-,12-,13+,14-,15+,16+/m0/s1. The summed E-state index contributed by atoms with van der Waals surface area (Å²) in [5, 5.41) is 20.7. The molecule has 0 aromatic rings. The maximum absolute atomic E-state index is 12.0. The number of aliphatic hydroxyl groups is 2. The highest BCUT2D eigenvalue weighted by Crippen LogP contribution is 2.37. The van der Waals surface area contributed by atoms with Crippen LogP contribution in [0.25, 0.3) is 0 Å². The molecule has 0 radical (unpaired) electrons. The Hall–Kier alpha value is -1.66. The summed E-state index contributed by atoms with van der Waals surface area (Å²) in [7, 11) is 0. The van der Waals surface area contributed by atoms with Gasteiger partial charge in [-0.05, 0) is 31.9 Å². The van der Waals surface area contributed by atoms with Gasteiger partial charge in [0.25, 0.3) is 0 Å². The van der Waals surface area contributed by atoms with Crippen LogP contribution in [0.2, 0.25) is 0 Å². The monoisotopic (exact) mass is 324 g/mol. The Morgan fingerprint density at radius 2 is 1.96 bits per heavy atom. The third-order valence-corrected chi connectivity index (χ3v) is 4.48. The summed E-state index contributed by atoms with van der Waals surface area (Å²) in [6.45, 7) is 6.48. The van der Waals surface area contributed by atoms with E-state index in [0.29, 0.717) is 12.0 Å². The number of hydrogen-bond donors (Lipinski definition) is 2. The fourth-order valence-corrected chi connectivity index (χ4v) is 3.32. The zero-order valence-corrected chi connectivity index (χ0v) is 13.9. The van der Waals surface area contributed by atoms with Crippen LogP contribution < -0.4 is 0 Å². The number of fused-ring (bicyclic) bond motifs is 1. The van der Waals surface area contributed by atoms with Gasteiger partial charge in [-0.1, -0.05) is 18.6 Å². The Balaban J connectivity index is 2.49. The smallest absolute Gasteiger partial charge is 0.309 e. The van der Waals surface area contributed by atoms with Crippen LogP contribution in [-0.4, -0.2) is 46.6 Å². The van der Waals surface area contributed by atoms with E-state index in [4.69, 9.17) is 9.47 Å². The molecule has 23 heavy (non-hydrogen) atoms. The zero-order valence-electron chi connectivity index (χ0n) is 13.9. The maximum atomic E-state index is 12.0. The van der Waals surface area contributed by atoms with Gasteiger partial charge in [0.15, 0.2) is 0 Å². The van der Waals surface area contributed by atoms with Crippen LogP contribution in [0.4, 0.5) is 0 Å². The van der Waals surface area contributed by atoms with Gasteiger partial charge in [0.1, 0.15) is 18.3 Å². The van der Waals surface area contributed by atoms with Crippen molar-refractivity contribution in [3.8, 4) is 0 Å². The van der Waals surface area contributed by atoms with Crippen LogP contribution in [0.1, 0.15) is 34.1 Å². The van der Waals surface area contributed by atoms with E-state index in [2.05, 4.69) is 0 Å². The van der Waals surface area contributed by atoms with E-state index in [0.717, 1.165) is 5.57 Å². The fraction of sp³-hybridized carbons (Fsp3) is 0.647. The maximum Gasteiger partial charge on any atom is 0.309 e. The molecule has 0 saturated carbocycles. The van der Waals surface area contributed by atoms with E-state index in [1.165, 1.54) is 6.92 Å². The van der Waals surface area contributed by atoms with E-state index >= 15 is 0 Å². The third kappa shape index (κ3) is 3.82. The molecular formula is C17H24O6. The number of hydrogen-bond acceptors (Lipinski definition) is 6. The number of carbonyl (C=O) groups is 2. The normalized spacial score (nSPS) is 42.6. The molecule has 0 amide bonds. The zero-order chi connectivity index (χ0) is 17.3. The second kappa shape index (κ2) is 6.84. The minimum absolute atomic E-state index is 0.380. The minimum Gasteiger partial charge on any atom is -0.459 e. The van der Waals surface area contributed by atoms with E-state index in [9.17, 15) is 19.8 Å². The van der Waals surface area contributed by atoms with Gasteiger partial charge >= 0.3 is 11.9 Å². The first kappa shape index (κ1) is 17.7. The van der Waals surface area contributed by atoms with Gasteiger partial charge in [0.2, 0.25) is 0 Å². The summed E-state index contributed by atoms with van der Waals surface area (Å²) >= 11 is 0. The number of esters is 2. The molecule has 1 aliphatic heterocycles. The van der Waals surface area contributed by atoms with Crippen LogP contribution >= 0.6 is 0 Å². The van der Waals surface area contributed by atoms with Crippen molar-refractivity contribution in [1.82, 2.24) is 0 Å². The summed E-state index contributed by atoms with van der Waals surface area (Å²) in [4.78, 5) is 23.5. The predicted octanol–water partition coefficient (Wildman–Crippen LogP) is 1.11. The first-order chi connectivity index (χ1) is 10.7. The molecule has 1 heterocycles. The molecule has 2 aliphatic rings. The first-order valence-electron chi connectivity index (χ1n) is 7.80. The lowest BCUT2D eigenvalue weighted by Crippen LogP contribution is -2.44. The van der Waals surface area contributed by atoms with E-state index in [1.54, 1.807) is 26.0 Å². The van der Waals surface area contributed by atoms with Crippen molar-refractivity contribution in [3.05, 3.63) is 23.3 Å². The number of ether oxygens (including phenoxy) is 2. The molecule has 6 nitrogen and oxygen atoms in total. The van der Waals surface area contributed by atoms with Crippen LogP contribution in [-0.2, 0) is 19.1 Å². The van der Waals surface area contributed by atoms with Crippen LogP contribution in [0, 0.1) is 11.8 Å².